The van der Waals surface area contributed by atoms with Crippen LogP contribution in [0.25, 0.3) is 0 Å². The number of hydrogen-bond acceptors (Lipinski definition) is 9. The SMILES string of the molecule is C.COC(=O)C(C)N.COC(=O)C(C)NC(=O)c1ccc(O)c(C)c1.Cc1cc(C(=O)O)ccc1O. The van der Waals surface area contributed by atoms with Crippen LogP contribution in [0.3, 0.4) is 0 Å². The molecule has 36 heavy (non-hydrogen) atoms. The number of carbonyl (C=O) groups excluding carboxylic acids is 3. The first kappa shape index (κ1) is 34.0. The maximum absolute atomic E-state index is 11.7. The fourth-order valence-corrected chi connectivity index (χ4v) is 2.29. The molecule has 1 amide bonds. The number of esters is 2. The van der Waals surface area contributed by atoms with E-state index in [0.29, 0.717) is 16.7 Å². The summed E-state index contributed by atoms with van der Waals surface area (Å²) < 4.78 is 8.75. The molecule has 2 aromatic rings. The molecule has 6 N–H and O–H groups in total. The molecule has 0 aliphatic carbocycles. The van der Waals surface area contributed by atoms with E-state index in [2.05, 4.69) is 14.8 Å². The van der Waals surface area contributed by atoms with Gasteiger partial charge < -0.3 is 35.8 Å². The Labute approximate surface area is 210 Å². The van der Waals surface area contributed by atoms with E-state index in [4.69, 9.17) is 15.9 Å². The fourth-order valence-electron chi connectivity index (χ4n) is 2.29. The van der Waals surface area contributed by atoms with Gasteiger partial charge in [-0.05, 0) is 75.2 Å². The van der Waals surface area contributed by atoms with Gasteiger partial charge in [-0.1, -0.05) is 7.43 Å². The molecule has 0 aliphatic rings. The van der Waals surface area contributed by atoms with Crippen molar-refractivity contribution >= 4 is 23.8 Å². The summed E-state index contributed by atoms with van der Waals surface area (Å²) in [7, 11) is 2.57. The molecule has 0 saturated carbocycles. The number of benzene rings is 2. The minimum atomic E-state index is -0.979. The number of aromatic hydroxyl groups is 2. The molecule has 11 heteroatoms. The van der Waals surface area contributed by atoms with Crippen molar-refractivity contribution in [2.75, 3.05) is 14.2 Å². The molecule has 0 spiro atoms. The monoisotopic (exact) mass is 508 g/mol. The van der Waals surface area contributed by atoms with Crippen molar-refractivity contribution < 1.29 is 44.0 Å². The zero-order valence-corrected chi connectivity index (χ0v) is 20.5. The largest absolute Gasteiger partial charge is 0.508 e. The van der Waals surface area contributed by atoms with Crippen LogP contribution < -0.4 is 11.1 Å². The van der Waals surface area contributed by atoms with Gasteiger partial charge in [0.2, 0.25) is 0 Å². The Morgan fingerprint density at radius 1 is 0.833 bits per heavy atom. The third-order valence-corrected chi connectivity index (χ3v) is 4.38. The summed E-state index contributed by atoms with van der Waals surface area (Å²) in [4.78, 5) is 43.4. The molecular formula is C25H36N2O9. The van der Waals surface area contributed by atoms with Gasteiger partial charge in [-0.25, -0.2) is 9.59 Å². The number of rotatable bonds is 5. The van der Waals surface area contributed by atoms with Crippen molar-refractivity contribution in [1.29, 1.82) is 0 Å². The molecule has 0 fully saturated rings. The van der Waals surface area contributed by atoms with E-state index >= 15 is 0 Å². The summed E-state index contributed by atoms with van der Waals surface area (Å²) >= 11 is 0. The van der Waals surface area contributed by atoms with Crippen molar-refractivity contribution in [2.45, 2.75) is 47.2 Å². The standard InChI is InChI=1S/C12H15NO4.C8H8O3.C4H9NO2.CH4/c1-7-6-9(4-5-10(7)14)11(15)13-8(2)12(16)17-3;1-5-4-6(8(10)11)2-3-7(5)9;1-3(5)4(6)7-2;/h4-6,8,14H,1-3H3,(H,13,15);2-4,9H,1H3,(H,10,11);3H,5H2,1-2H3;1H4. The highest BCUT2D eigenvalue weighted by atomic mass is 16.5. The highest BCUT2D eigenvalue weighted by molar-refractivity contribution is 5.97. The summed E-state index contributed by atoms with van der Waals surface area (Å²) in [5, 5.41) is 29.4. The number of ether oxygens (including phenoxy) is 2. The maximum Gasteiger partial charge on any atom is 0.335 e. The average molecular weight is 509 g/mol. The van der Waals surface area contributed by atoms with Crippen LogP contribution in [0.1, 0.15) is 53.1 Å². The minimum absolute atomic E-state index is 0. The van der Waals surface area contributed by atoms with Gasteiger partial charge in [0.25, 0.3) is 5.91 Å². The first-order valence-electron chi connectivity index (χ1n) is 10.3. The lowest BCUT2D eigenvalue weighted by Gasteiger charge is -2.11. The van der Waals surface area contributed by atoms with E-state index in [9.17, 15) is 24.3 Å². The van der Waals surface area contributed by atoms with Crippen molar-refractivity contribution in [2.24, 2.45) is 5.73 Å². The topological polar surface area (TPSA) is 185 Å². The number of hydrogen-bond donors (Lipinski definition) is 5. The second-order valence-corrected chi connectivity index (χ2v) is 7.34. The number of aromatic carboxylic acids is 1. The number of aryl methyl sites for hydroxylation is 2. The number of methoxy groups -OCH3 is 2. The maximum atomic E-state index is 11.7. The zero-order chi connectivity index (χ0) is 27.3. The number of phenolic OH excluding ortho intramolecular Hbond substituents is 2. The van der Waals surface area contributed by atoms with Crippen LogP contribution in [0.15, 0.2) is 36.4 Å². The molecule has 2 atom stereocenters. The number of carbonyl (C=O) groups is 4. The number of nitrogens with one attached hydrogen (secondary N) is 1. The van der Waals surface area contributed by atoms with E-state index in [0.717, 1.165) is 0 Å². The lowest BCUT2D eigenvalue weighted by Crippen LogP contribution is -2.39. The number of carboxylic acids is 1. The Balaban J connectivity index is 0. The van der Waals surface area contributed by atoms with Gasteiger partial charge in [-0.15, -0.1) is 0 Å². The Kier molecular flexibility index (Phi) is 15.6. The van der Waals surface area contributed by atoms with Crippen LogP contribution in [-0.4, -0.2) is 65.4 Å². The quantitative estimate of drug-likeness (QED) is 0.376. The summed E-state index contributed by atoms with van der Waals surface area (Å²) in [6, 6.07) is 7.44. The molecular weight excluding hydrogens is 472 g/mol. The first-order valence-corrected chi connectivity index (χ1v) is 10.3. The molecule has 0 aliphatic heterocycles. The number of amides is 1. The van der Waals surface area contributed by atoms with Crippen molar-refractivity contribution in [3.8, 4) is 11.5 Å². The Morgan fingerprint density at radius 3 is 1.58 bits per heavy atom. The number of carboxylic acid groups (broad SMARTS) is 1. The minimum Gasteiger partial charge on any atom is -0.508 e. The second-order valence-electron chi connectivity index (χ2n) is 7.34. The van der Waals surface area contributed by atoms with Gasteiger partial charge in [0.1, 0.15) is 23.6 Å². The van der Waals surface area contributed by atoms with Crippen LogP contribution >= 0.6 is 0 Å². The molecule has 0 saturated heterocycles. The summed E-state index contributed by atoms with van der Waals surface area (Å²) in [5.41, 5.74) is 6.83. The fraction of sp³-hybridized carbons (Fsp3) is 0.360. The van der Waals surface area contributed by atoms with Crippen molar-refractivity contribution in [1.82, 2.24) is 5.32 Å². The van der Waals surface area contributed by atoms with Crippen molar-refractivity contribution in [3.63, 3.8) is 0 Å². The normalized spacial score (nSPS) is 11.0. The third-order valence-electron chi connectivity index (χ3n) is 4.38. The number of nitrogens with two attached hydrogens (primary N) is 1. The third kappa shape index (κ3) is 11.8. The molecule has 11 nitrogen and oxygen atoms in total. The Morgan fingerprint density at radius 2 is 1.25 bits per heavy atom. The van der Waals surface area contributed by atoms with Gasteiger partial charge in [0.05, 0.1) is 19.8 Å². The lowest BCUT2D eigenvalue weighted by molar-refractivity contribution is -0.142. The Hall–Kier alpha value is -4.12. The predicted molar refractivity (Wildman–Crippen MR) is 134 cm³/mol. The number of phenols is 2. The van der Waals surface area contributed by atoms with Gasteiger partial charge in [0.15, 0.2) is 0 Å². The van der Waals surface area contributed by atoms with Crippen LogP contribution in [0.2, 0.25) is 0 Å². The molecule has 0 bridgehead atoms. The average Bonchev–Trinajstić information content (AvgIpc) is 2.81. The molecule has 2 aromatic carbocycles. The van der Waals surface area contributed by atoms with E-state index < -0.39 is 24.0 Å². The van der Waals surface area contributed by atoms with E-state index in [1.54, 1.807) is 26.8 Å². The summed E-state index contributed by atoms with van der Waals surface area (Å²) in [5.74, 6) is -1.99. The second kappa shape index (κ2) is 16.5. The molecule has 2 unspecified atom stereocenters. The van der Waals surface area contributed by atoms with E-state index in [1.165, 1.54) is 51.5 Å². The first-order chi connectivity index (χ1) is 16.2. The smallest absolute Gasteiger partial charge is 0.335 e. The van der Waals surface area contributed by atoms with Gasteiger partial charge in [-0.3, -0.25) is 9.59 Å². The predicted octanol–water partition coefficient (Wildman–Crippen LogP) is 2.53. The highest BCUT2D eigenvalue weighted by Crippen LogP contribution is 2.17. The van der Waals surface area contributed by atoms with Gasteiger partial charge in [-0.2, -0.15) is 0 Å². The van der Waals surface area contributed by atoms with Crippen LogP contribution in [0, 0.1) is 13.8 Å². The zero-order valence-electron chi connectivity index (χ0n) is 20.5. The molecule has 0 heterocycles. The highest BCUT2D eigenvalue weighted by Gasteiger charge is 2.17. The van der Waals surface area contributed by atoms with Crippen molar-refractivity contribution in [3.05, 3.63) is 58.7 Å². The van der Waals surface area contributed by atoms with Crippen LogP contribution in [0.4, 0.5) is 0 Å². The lowest BCUT2D eigenvalue weighted by atomic mass is 10.1. The summed E-state index contributed by atoms with van der Waals surface area (Å²) in [6.45, 7) is 6.46. The van der Waals surface area contributed by atoms with E-state index in [1.807, 2.05) is 0 Å². The molecule has 200 valence electrons. The molecule has 0 aromatic heterocycles. The molecule has 0 radical (unpaired) electrons. The van der Waals surface area contributed by atoms with E-state index in [-0.39, 0.29) is 36.4 Å². The van der Waals surface area contributed by atoms with Crippen LogP contribution in [0.5, 0.6) is 11.5 Å². The van der Waals surface area contributed by atoms with Gasteiger partial charge in [0, 0.05) is 5.56 Å². The Bertz CT molecular complexity index is 1040. The van der Waals surface area contributed by atoms with Crippen LogP contribution in [-0.2, 0) is 19.1 Å². The summed E-state index contributed by atoms with van der Waals surface area (Å²) in [6.07, 6.45) is 0. The van der Waals surface area contributed by atoms with Gasteiger partial charge >= 0.3 is 17.9 Å². The molecule has 2 rings (SSSR count).